The summed E-state index contributed by atoms with van der Waals surface area (Å²) < 4.78 is 6.93. The molecule has 2 heterocycles. The van der Waals surface area contributed by atoms with Gasteiger partial charge in [-0.3, -0.25) is 23.9 Å². The zero-order chi connectivity index (χ0) is 24.4. The van der Waals surface area contributed by atoms with Crippen LogP contribution in [0.1, 0.15) is 50.4 Å². The lowest BCUT2D eigenvalue weighted by molar-refractivity contribution is -0.143. The first kappa shape index (κ1) is 22.5. The van der Waals surface area contributed by atoms with E-state index in [0.717, 1.165) is 16.5 Å². The van der Waals surface area contributed by atoms with Crippen molar-refractivity contribution in [1.82, 2.24) is 4.57 Å². The lowest BCUT2D eigenvalue weighted by Gasteiger charge is -2.16. The van der Waals surface area contributed by atoms with Crippen LogP contribution in [-0.4, -0.2) is 41.6 Å². The van der Waals surface area contributed by atoms with E-state index in [1.165, 1.54) is 0 Å². The van der Waals surface area contributed by atoms with Crippen LogP contribution in [0.5, 0.6) is 0 Å². The molecule has 0 N–H and O–H groups in total. The molecule has 6 heteroatoms. The highest BCUT2D eigenvalue weighted by Crippen LogP contribution is 2.34. The van der Waals surface area contributed by atoms with Crippen LogP contribution >= 0.6 is 0 Å². The van der Waals surface area contributed by atoms with Gasteiger partial charge in [-0.15, -0.1) is 0 Å². The number of aromatic nitrogens is 1. The standard InChI is InChI=1S/C29H24N2O4/c1-2-35-29(34)24-18-30-17-16-23-22-10-6-7-11-25(22)31(26(23)24)28(33)21-14-12-20(13-15-21)27(32)19-8-4-3-5-9-19/h3-15,18,24H,2,16-17H2,1H3. The summed E-state index contributed by atoms with van der Waals surface area (Å²) in [6, 6.07) is 23.3. The molecule has 0 aliphatic carbocycles. The van der Waals surface area contributed by atoms with Gasteiger partial charge in [-0.25, -0.2) is 0 Å². The smallest absolute Gasteiger partial charge is 0.320 e. The number of ketones is 1. The number of para-hydroxylation sites is 1. The van der Waals surface area contributed by atoms with Crippen molar-refractivity contribution in [3.8, 4) is 0 Å². The summed E-state index contributed by atoms with van der Waals surface area (Å²) in [5.41, 5.74) is 3.77. The molecular formula is C29H24N2O4. The molecule has 5 rings (SSSR count). The van der Waals surface area contributed by atoms with Gasteiger partial charge in [0.25, 0.3) is 5.91 Å². The van der Waals surface area contributed by atoms with E-state index in [4.69, 9.17) is 4.74 Å². The number of rotatable bonds is 5. The second kappa shape index (κ2) is 9.50. The van der Waals surface area contributed by atoms with E-state index in [2.05, 4.69) is 4.99 Å². The van der Waals surface area contributed by atoms with Gasteiger partial charge in [0.2, 0.25) is 0 Å². The molecule has 174 valence electrons. The molecule has 1 unspecified atom stereocenters. The Morgan fingerprint density at radius 2 is 1.54 bits per heavy atom. The number of carbonyl (C=O) groups excluding carboxylic acids is 3. The quantitative estimate of drug-likeness (QED) is 0.313. The molecule has 0 saturated carbocycles. The number of benzene rings is 3. The molecule has 0 spiro atoms. The van der Waals surface area contributed by atoms with Crippen LogP contribution in [0.15, 0.2) is 83.9 Å². The van der Waals surface area contributed by atoms with E-state index < -0.39 is 11.9 Å². The van der Waals surface area contributed by atoms with Crippen LogP contribution < -0.4 is 0 Å². The fraction of sp³-hybridized carbons (Fsp3) is 0.172. The Hall–Kier alpha value is -4.32. The molecule has 0 bridgehead atoms. The van der Waals surface area contributed by atoms with Gasteiger partial charge in [0.05, 0.1) is 12.1 Å². The number of hydrogen-bond acceptors (Lipinski definition) is 5. The maximum absolute atomic E-state index is 13.9. The lowest BCUT2D eigenvalue weighted by atomic mass is 9.99. The topological polar surface area (TPSA) is 77.7 Å². The third-order valence-corrected chi connectivity index (χ3v) is 6.23. The zero-order valence-electron chi connectivity index (χ0n) is 19.3. The molecule has 0 saturated heterocycles. The van der Waals surface area contributed by atoms with Gasteiger partial charge >= 0.3 is 5.97 Å². The molecular weight excluding hydrogens is 440 g/mol. The highest BCUT2D eigenvalue weighted by Gasteiger charge is 2.33. The number of nitrogens with zero attached hydrogens (tertiary/aromatic N) is 2. The molecule has 1 aliphatic heterocycles. The monoisotopic (exact) mass is 464 g/mol. The van der Waals surface area contributed by atoms with Crippen molar-refractivity contribution in [2.45, 2.75) is 19.3 Å². The Bertz CT molecular complexity index is 1450. The fourth-order valence-electron chi connectivity index (χ4n) is 4.62. The summed E-state index contributed by atoms with van der Waals surface area (Å²) in [4.78, 5) is 43.9. The van der Waals surface area contributed by atoms with E-state index in [1.807, 2.05) is 42.5 Å². The van der Waals surface area contributed by atoms with Gasteiger partial charge in [-0.05, 0) is 37.1 Å². The van der Waals surface area contributed by atoms with Crippen molar-refractivity contribution in [3.05, 3.63) is 107 Å². The maximum atomic E-state index is 13.9. The van der Waals surface area contributed by atoms with Crippen LogP contribution in [0.4, 0.5) is 0 Å². The molecule has 3 aromatic carbocycles. The summed E-state index contributed by atoms with van der Waals surface area (Å²) in [5.74, 6) is -1.59. The van der Waals surface area contributed by atoms with E-state index in [1.54, 1.807) is 54.1 Å². The van der Waals surface area contributed by atoms with Crippen molar-refractivity contribution in [2.75, 3.05) is 13.2 Å². The van der Waals surface area contributed by atoms with Crippen LogP contribution in [0.3, 0.4) is 0 Å². The normalized spacial score (nSPS) is 14.8. The van der Waals surface area contributed by atoms with Gasteiger partial charge < -0.3 is 4.74 Å². The van der Waals surface area contributed by atoms with Crippen LogP contribution in [0, 0.1) is 0 Å². The number of ether oxygens (including phenoxy) is 1. The van der Waals surface area contributed by atoms with E-state index in [9.17, 15) is 14.4 Å². The Morgan fingerprint density at radius 1 is 0.886 bits per heavy atom. The first-order valence-corrected chi connectivity index (χ1v) is 11.6. The highest BCUT2D eigenvalue weighted by molar-refractivity contribution is 6.10. The molecule has 0 radical (unpaired) electrons. The number of aliphatic imine (C=N–C) groups is 1. The summed E-state index contributed by atoms with van der Waals surface area (Å²) in [7, 11) is 0. The van der Waals surface area contributed by atoms with E-state index >= 15 is 0 Å². The maximum Gasteiger partial charge on any atom is 0.320 e. The molecule has 1 atom stereocenters. The third kappa shape index (κ3) is 4.08. The third-order valence-electron chi connectivity index (χ3n) is 6.23. The molecule has 35 heavy (non-hydrogen) atoms. The number of carbonyl (C=O) groups is 3. The van der Waals surface area contributed by atoms with Gasteiger partial charge in [0, 0.05) is 40.5 Å². The first-order chi connectivity index (χ1) is 17.1. The molecule has 6 nitrogen and oxygen atoms in total. The van der Waals surface area contributed by atoms with Crippen molar-refractivity contribution in [1.29, 1.82) is 0 Å². The van der Waals surface area contributed by atoms with Gasteiger partial charge in [-0.1, -0.05) is 60.7 Å². The number of fused-ring (bicyclic) bond motifs is 3. The molecule has 1 aromatic heterocycles. The van der Waals surface area contributed by atoms with Gasteiger partial charge in [0.15, 0.2) is 5.78 Å². The molecule has 0 amide bonds. The van der Waals surface area contributed by atoms with Gasteiger partial charge in [-0.2, -0.15) is 0 Å². The molecule has 1 aliphatic rings. The predicted molar refractivity (Wildman–Crippen MR) is 134 cm³/mol. The Morgan fingerprint density at radius 3 is 2.29 bits per heavy atom. The van der Waals surface area contributed by atoms with Crippen LogP contribution in [0.25, 0.3) is 10.9 Å². The van der Waals surface area contributed by atoms with Crippen molar-refractivity contribution >= 4 is 34.8 Å². The van der Waals surface area contributed by atoms with Crippen molar-refractivity contribution < 1.29 is 19.1 Å². The zero-order valence-corrected chi connectivity index (χ0v) is 19.3. The van der Waals surface area contributed by atoms with E-state index in [0.29, 0.717) is 35.3 Å². The number of esters is 1. The summed E-state index contributed by atoms with van der Waals surface area (Å²) >= 11 is 0. The predicted octanol–water partition coefficient (Wildman–Crippen LogP) is 4.83. The Kier molecular flexibility index (Phi) is 6.10. The average molecular weight is 465 g/mol. The van der Waals surface area contributed by atoms with E-state index in [-0.39, 0.29) is 18.3 Å². The largest absolute Gasteiger partial charge is 0.465 e. The molecule has 4 aromatic rings. The SMILES string of the molecule is CCOC(=O)C1C=NCCc2c1n(C(=O)c1ccc(C(=O)c3ccccc3)cc1)c1ccccc21. The Balaban J connectivity index is 1.59. The minimum absolute atomic E-state index is 0.108. The van der Waals surface area contributed by atoms with Crippen LogP contribution in [-0.2, 0) is 16.0 Å². The van der Waals surface area contributed by atoms with Gasteiger partial charge in [0.1, 0.15) is 5.92 Å². The minimum atomic E-state index is -0.775. The number of hydrogen-bond donors (Lipinski definition) is 0. The minimum Gasteiger partial charge on any atom is -0.465 e. The second-order valence-corrected chi connectivity index (χ2v) is 8.33. The average Bonchev–Trinajstić information content (AvgIpc) is 3.06. The van der Waals surface area contributed by atoms with Crippen LogP contribution in [0.2, 0.25) is 0 Å². The summed E-state index contributed by atoms with van der Waals surface area (Å²) in [5, 5.41) is 0.923. The fourth-order valence-corrected chi connectivity index (χ4v) is 4.62. The summed E-state index contributed by atoms with van der Waals surface area (Å²) in [6.07, 6.45) is 2.21. The Labute approximate surface area is 202 Å². The van der Waals surface area contributed by atoms with Crippen molar-refractivity contribution in [2.24, 2.45) is 4.99 Å². The van der Waals surface area contributed by atoms with Crippen molar-refractivity contribution in [3.63, 3.8) is 0 Å². The summed E-state index contributed by atoms with van der Waals surface area (Å²) in [6.45, 7) is 2.52. The lowest BCUT2D eigenvalue weighted by Crippen LogP contribution is -2.24. The highest BCUT2D eigenvalue weighted by atomic mass is 16.5. The molecule has 0 fully saturated rings. The second-order valence-electron chi connectivity index (χ2n) is 8.33. The first-order valence-electron chi connectivity index (χ1n) is 11.6.